The molecule has 0 saturated carbocycles. The second-order valence-electron chi connectivity index (χ2n) is 13.5. The number of nitrogens with zero attached hydrogens (tertiary/aromatic N) is 1. The van der Waals surface area contributed by atoms with Crippen LogP contribution in [0.15, 0.2) is 131 Å². The Morgan fingerprint density at radius 1 is 0.714 bits per heavy atom. The third kappa shape index (κ3) is 5.54. The van der Waals surface area contributed by atoms with E-state index < -0.39 is 0 Å². The Morgan fingerprint density at radius 2 is 1.45 bits per heavy atom. The number of rotatable bonds is 9. The molecule has 2 aromatic heterocycles. The second kappa shape index (κ2) is 13.1. The molecule has 2 heterocycles. The molecule has 8 rings (SSSR count). The highest BCUT2D eigenvalue weighted by Gasteiger charge is 2.30. The molecule has 4 atom stereocenters. The van der Waals surface area contributed by atoms with E-state index >= 15 is 0 Å². The van der Waals surface area contributed by atoms with Crippen molar-refractivity contribution in [3.05, 3.63) is 143 Å². The molecule has 2 nitrogen and oxygen atoms in total. The first kappa shape index (κ1) is 31.8. The Morgan fingerprint density at radius 3 is 2.24 bits per heavy atom. The van der Waals surface area contributed by atoms with E-state index in [9.17, 15) is 0 Å². The van der Waals surface area contributed by atoms with E-state index in [1.165, 1.54) is 53.3 Å². The van der Waals surface area contributed by atoms with E-state index in [4.69, 9.17) is 21.0 Å². The highest BCUT2D eigenvalue weighted by molar-refractivity contribution is 7.26. The van der Waals surface area contributed by atoms with Crippen molar-refractivity contribution >= 4 is 81.5 Å². The number of thiophene rings is 1. The molecule has 8 aromatic rings. The van der Waals surface area contributed by atoms with Crippen LogP contribution in [0, 0.1) is 11.8 Å². The zero-order valence-electron chi connectivity index (χ0n) is 28.4. The van der Waals surface area contributed by atoms with E-state index in [0.29, 0.717) is 10.9 Å². The molecule has 0 bridgehead atoms. The Hall–Kier alpha value is -4.44. The summed E-state index contributed by atoms with van der Waals surface area (Å²) in [5.41, 5.74) is 6.51. The number of hydrogen-bond acceptors (Lipinski definition) is 3. The third-order valence-corrected chi connectivity index (χ3v) is 12.1. The Kier molecular flexibility index (Phi) is 8.51. The molecule has 49 heavy (non-hydrogen) atoms. The van der Waals surface area contributed by atoms with Gasteiger partial charge in [-0.15, -0.1) is 11.3 Å². The summed E-state index contributed by atoms with van der Waals surface area (Å²) in [5, 5.41) is 7.84. The summed E-state index contributed by atoms with van der Waals surface area (Å²) in [7, 11) is 0. The van der Waals surface area contributed by atoms with Crippen LogP contribution in [0.2, 0.25) is 5.02 Å². The number of furan rings is 1. The van der Waals surface area contributed by atoms with Gasteiger partial charge in [0, 0.05) is 48.1 Å². The van der Waals surface area contributed by atoms with E-state index in [0.717, 1.165) is 34.8 Å². The second-order valence-corrected chi connectivity index (χ2v) is 14.9. The maximum absolute atomic E-state index is 7.10. The van der Waals surface area contributed by atoms with Gasteiger partial charge in [-0.05, 0) is 64.4 Å². The monoisotopic (exact) mass is 677 g/mol. The van der Waals surface area contributed by atoms with Gasteiger partial charge in [-0.3, -0.25) is 4.99 Å². The molecule has 0 aliphatic rings. The SMILES string of the molecule is CCC(C)C(N=C(c1cccc2c1sc1ccccc12)C(CC)C(C)c1cc(Cl)c2oc3ccc4ccccc4c3c2c1)c1ccccc1. The zero-order chi connectivity index (χ0) is 33.6. The molecule has 0 amide bonds. The van der Waals surface area contributed by atoms with Crippen LogP contribution in [0.25, 0.3) is 52.9 Å². The lowest BCUT2D eigenvalue weighted by atomic mass is 9.79. The van der Waals surface area contributed by atoms with Gasteiger partial charge in [0.25, 0.3) is 0 Å². The predicted molar refractivity (Wildman–Crippen MR) is 213 cm³/mol. The molecule has 0 spiro atoms. The highest BCUT2D eigenvalue weighted by atomic mass is 35.5. The minimum Gasteiger partial charge on any atom is -0.454 e. The van der Waals surface area contributed by atoms with Crippen molar-refractivity contribution < 1.29 is 4.42 Å². The lowest BCUT2D eigenvalue weighted by Gasteiger charge is -2.29. The van der Waals surface area contributed by atoms with Gasteiger partial charge in [0.15, 0.2) is 5.58 Å². The van der Waals surface area contributed by atoms with Gasteiger partial charge < -0.3 is 4.42 Å². The van der Waals surface area contributed by atoms with Crippen molar-refractivity contribution in [3.8, 4) is 0 Å². The topological polar surface area (TPSA) is 25.5 Å². The lowest BCUT2D eigenvalue weighted by molar-refractivity contribution is 0.453. The van der Waals surface area contributed by atoms with E-state index in [1.54, 1.807) is 0 Å². The van der Waals surface area contributed by atoms with Crippen LogP contribution in [0.5, 0.6) is 0 Å². The zero-order valence-corrected chi connectivity index (χ0v) is 30.0. The van der Waals surface area contributed by atoms with Crippen LogP contribution in [-0.4, -0.2) is 5.71 Å². The standard InChI is InChI=1S/C45H40ClNOS/c1-5-27(3)42(30-16-8-7-9-17-30)47-43(36-21-14-20-35-34-19-12-13-22-40(34)49-45(35)36)32(6-2)28(4)31-25-37-41-33-18-11-10-15-29(33)23-24-39(41)48-44(37)38(46)26-31/h7-28,32,42H,5-6H2,1-4H3. The maximum Gasteiger partial charge on any atom is 0.154 e. The molecule has 6 aromatic carbocycles. The number of aliphatic imine (C=N–C) groups is 1. The fourth-order valence-electron chi connectivity index (χ4n) is 7.77. The lowest BCUT2D eigenvalue weighted by Crippen LogP contribution is -2.23. The molecule has 0 aliphatic carbocycles. The van der Waals surface area contributed by atoms with Crippen LogP contribution in [0.3, 0.4) is 0 Å². The summed E-state index contributed by atoms with van der Waals surface area (Å²) < 4.78 is 9.01. The van der Waals surface area contributed by atoms with Gasteiger partial charge in [0.05, 0.1) is 11.1 Å². The molecule has 0 radical (unpaired) electrons. The normalized spacial score (nSPS) is 15.0. The van der Waals surface area contributed by atoms with Crippen molar-refractivity contribution in [1.82, 2.24) is 0 Å². The fourth-order valence-corrected chi connectivity index (χ4v) is 9.27. The van der Waals surface area contributed by atoms with Crippen LogP contribution in [-0.2, 0) is 0 Å². The summed E-state index contributed by atoms with van der Waals surface area (Å²) in [6.45, 7) is 9.28. The number of benzene rings is 6. The molecular weight excluding hydrogens is 638 g/mol. The molecule has 0 fully saturated rings. The Balaban J connectivity index is 1.35. The summed E-state index contributed by atoms with van der Waals surface area (Å²) in [6, 6.07) is 43.6. The average molecular weight is 678 g/mol. The van der Waals surface area contributed by atoms with Gasteiger partial charge in [0.1, 0.15) is 5.58 Å². The molecule has 0 saturated heterocycles. The molecule has 0 aliphatic heterocycles. The van der Waals surface area contributed by atoms with Gasteiger partial charge >= 0.3 is 0 Å². The van der Waals surface area contributed by atoms with Crippen LogP contribution >= 0.6 is 22.9 Å². The van der Waals surface area contributed by atoms with Crippen molar-refractivity contribution in [2.24, 2.45) is 16.8 Å². The van der Waals surface area contributed by atoms with Crippen LogP contribution < -0.4 is 0 Å². The maximum atomic E-state index is 7.10. The number of hydrogen-bond donors (Lipinski definition) is 0. The minimum atomic E-state index is 0.0438. The average Bonchev–Trinajstić information content (AvgIpc) is 3.72. The van der Waals surface area contributed by atoms with Crippen LogP contribution in [0.1, 0.15) is 69.2 Å². The fraction of sp³-hybridized carbons (Fsp3) is 0.222. The van der Waals surface area contributed by atoms with E-state index in [2.05, 4.69) is 149 Å². The molecule has 4 unspecified atom stereocenters. The predicted octanol–water partition coefficient (Wildman–Crippen LogP) is 14.2. The highest BCUT2D eigenvalue weighted by Crippen LogP contribution is 2.44. The largest absolute Gasteiger partial charge is 0.454 e. The molecular formula is C45H40ClNOS. The quantitative estimate of drug-likeness (QED) is 0.140. The Bertz CT molecular complexity index is 2490. The van der Waals surface area contributed by atoms with Crippen molar-refractivity contribution in [3.63, 3.8) is 0 Å². The van der Waals surface area contributed by atoms with Crippen LogP contribution in [0.4, 0.5) is 0 Å². The first-order valence-electron chi connectivity index (χ1n) is 17.5. The smallest absolute Gasteiger partial charge is 0.154 e. The van der Waals surface area contributed by atoms with Crippen molar-refractivity contribution in [1.29, 1.82) is 0 Å². The first-order valence-corrected chi connectivity index (χ1v) is 18.7. The number of fused-ring (bicyclic) bond motifs is 8. The third-order valence-electron chi connectivity index (χ3n) is 10.6. The molecule has 0 N–H and O–H groups in total. The minimum absolute atomic E-state index is 0.0438. The first-order chi connectivity index (χ1) is 24.0. The van der Waals surface area contributed by atoms with Gasteiger partial charge in [0.2, 0.25) is 0 Å². The van der Waals surface area contributed by atoms with E-state index in [-0.39, 0.29) is 17.9 Å². The summed E-state index contributed by atoms with van der Waals surface area (Å²) in [4.78, 5) is 5.86. The van der Waals surface area contributed by atoms with Crippen molar-refractivity contribution in [2.45, 2.75) is 52.5 Å². The van der Waals surface area contributed by atoms with Crippen molar-refractivity contribution in [2.75, 3.05) is 0 Å². The summed E-state index contributed by atoms with van der Waals surface area (Å²) in [5.74, 6) is 0.668. The molecule has 244 valence electrons. The Labute approximate surface area is 297 Å². The molecule has 4 heteroatoms. The van der Waals surface area contributed by atoms with Gasteiger partial charge in [-0.2, -0.15) is 0 Å². The van der Waals surface area contributed by atoms with Gasteiger partial charge in [-0.25, -0.2) is 0 Å². The summed E-state index contributed by atoms with van der Waals surface area (Å²) in [6.07, 6.45) is 1.98. The number of halogens is 1. The van der Waals surface area contributed by atoms with Gasteiger partial charge in [-0.1, -0.05) is 143 Å². The summed E-state index contributed by atoms with van der Waals surface area (Å²) >= 11 is 8.98. The van der Waals surface area contributed by atoms with E-state index in [1.807, 2.05) is 11.3 Å².